The lowest BCUT2D eigenvalue weighted by molar-refractivity contribution is 0.316. The predicted octanol–water partition coefficient (Wildman–Crippen LogP) is 6.48. The number of hydrogen-bond acceptors (Lipinski definition) is 2. The summed E-state index contributed by atoms with van der Waals surface area (Å²) in [6.07, 6.45) is 5.72. The fourth-order valence-electron chi connectivity index (χ4n) is 3.43. The Balaban J connectivity index is 1.80. The molecule has 0 aliphatic carbocycles. The van der Waals surface area contributed by atoms with Crippen LogP contribution < -0.4 is 0 Å². The molecule has 0 unspecified atom stereocenters. The Kier molecular flexibility index (Phi) is 8.57. The van der Waals surface area contributed by atoms with Crippen LogP contribution in [0.3, 0.4) is 0 Å². The van der Waals surface area contributed by atoms with Gasteiger partial charge in [0, 0.05) is 0 Å². The monoisotopic (exact) mass is 365 g/mol. The fraction of sp³-hybridized carbons (Fsp3) is 0.480. The average Bonchev–Trinajstić information content (AvgIpc) is 2.63. The molecule has 2 rings (SSSR count). The van der Waals surface area contributed by atoms with Crippen molar-refractivity contribution in [2.45, 2.75) is 66.2 Å². The van der Waals surface area contributed by atoms with Gasteiger partial charge in [0.2, 0.25) is 0 Å². The molecule has 0 bridgehead atoms. The highest BCUT2D eigenvalue weighted by molar-refractivity contribution is 5.84. The maximum absolute atomic E-state index is 9.36. The van der Waals surface area contributed by atoms with E-state index in [1.165, 1.54) is 22.3 Å². The van der Waals surface area contributed by atoms with Crippen molar-refractivity contribution in [1.82, 2.24) is 0 Å². The molecule has 2 nitrogen and oxygen atoms in total. The minimum atomic E-state index is 0.684. The summed E-state index contributed by atoms with van der Waals surface area (Å²) in [5.74, 6) is 1.37. The van der Waals surface area contributed by atoms with Crippen LogP contribution in [0.4, 0.5) is 0 Å². The molecule has 1 N–H and O–H groups in total. The van der Waals surface area contributed by atoms with E-state index in [4.69, 9.17) is 0 Å². The first-order valence-corrected chi connectivity index (χ1v) is 10.3. The third-order valence-electron chi connectivity index (χ3n) is 4.88. The summed E-state index contributed by atoms with van der Waals surface area (Å²) in [6, 6.07) is 17.7. The molecule has 0 saturated carbocycles. The van der Waals surface area contributed by atoms with Gasteiger partial charge in [0.05, 0.1) is 5.71 Å². The van der Waals surface area contributed by atoms with Crippen LogP contribution in [0.2, 0.25) is 0 Å². The topological polar surface area (TPSA) is 32.6 Å². The van der Waals surface area contributed by atoms with E-state index in [1.54, 1.807) is 0 Å². The molecule has 0 aliphatic heterocycles. The van der Waals surface area contributed by atoms with Crippen LogP contribution in [0.25, 0.3) is 0 Å². The minimum Gasteiger partial charge on any atom is -0.411 e. The van der Waals surface area contributed by atoms with E-state index < -0.39 is 0 Å². The second-order valence-corrected chi connectivity index (χ2v) is 8.50. The van der Waals surface area contributed by atoms with E-state index in [-0.39, 0.29) is 0 Å². The average molecular weight is 366 g/mol. The van der Waals surface area contributed by atoms with Gasteiger partial charge in [0.15, 0.2) is 0 Å². The van der Waals surface area contributed by atoms with Crippen molar-refractivity contribution in [1.29, 1.82) is 0 Å². The Hall–Kier alpha value is -2.09. The molecule has 0 atom stereocenters. The first-order valence-electron chi connectivity index (χ1n) is 10.3. The molecule has 2 aromatic rings. The summed E-state index contributed by atoms with van der Waals surface area (Å²) in [7, 11) is 0. The van der Waals surface area contributed by atoms with Gasteiger partial charge in [-0.25, -0.2) is 0 Å². The highest BCUT2D eigenvalue weighted by Crippen LogP contribution is 2.14. The molecule has 0 amide bonds. The smallest absolute Gasteiger partial charge is 0.0577 e. The van der Waals surface area contributed by atoms with Crippen molar-refractivity contribution in [2.24, 2.45) is 17.0 Å². The van der Waals surface area contributed by atoms with Gasteiger partial charge in [-0.05, 0) is 72.6 Å². The van der Waals surface area contributed by atoms with Crippen molar-refractivity contribution in [3.63, 3.8) is 0 Å². The van der Waals surface area contributed by atoms with Gasteiger partial charge in [0.25, 0.3) is 0 Å². The van der Waals surface area contributed by atoms with Crippen molar-refractivity contribution < 1.29 is 5.21 Å². The number of aryl methyl sites for hydroxylation is 2. The molecule has 0 aliphatic rings. The zero-order valence-corrected chi connectivity index (χ0v) is 17.4. The van der Waals surface area contributed by atoms with Gasteiger partial charge in [0.1, 0.15) is 0 Å². The molecular formula is C25H35NO. The summed E-state index contributed by atoms with van der Waals surface area (Å²) in [6.45, 7) is 8.98. The minimum absolute atomic E-state index is 0.684. The van der Waals surface area contributed by atoms with Crippen LogP contribution in [0.15, 0.2) is 53.7 Å². The second kappa shape index (κ2) is 10.9. The van der Waals surface area contributed by atoms with Gasteiger partial charge < -0.3 is 5.21 Å². The van der Waals surface area contributed by atoms with Crippen LogP contribution in [0, 0.1) is 11.8 Å². The SMILES string of the molecule is CC(C)Cc1ccc(CCC(CCc2ccc(CC(C)C)cc2)=NO)cc1. The Morgan fingerprint density at radius 3 is 1.30 bits per heavy atom. The van der Waals surface area contributed by atoms with E-state index in [2.05, 4.69) is 81.4 Å². The van der Waals surface area contributed by atoms with Crippen LogP contribution in [0.1, 0.15) is 62.8 Å². The summed E-state index contributed by atoms with van der Waals surface area (Å²) in [4.78, 5) is 0. The van der Waals surface area contributed by atoms with Crippen molar-refractivity contribution in [3.05, 3.63) is 70.8 Å². The fourth-order valence-corrected chi connectivity index (χ4v) is 3.43. The van der Waals surface area contributed by atoms with Crippen LogP contribution in [-0.2, 0) is 25.7 Å². The highest BCUT2D eigenvalue weighted by Gasteiger charge is 2.05. The molecule has 146 valence electrons. The first kappa shape index (κ1) is 21.2. The normalized spacial score (nSPS) is 11.2. The second-order valence-electron chi connectivity index (χ2n) is 8.50. The lowest BCUT2D eigenvalue weighted by Gasteiger charge is -2.09. The Morgan fingerprint density at radius 1 is 0.667 bits per heavy atom. The summed E-state index contributed by atoms with van der Waals surface area (Å²) < 4.78 is 0. The van der Waals surface area contributed by atoms with Crippen molar-refractivity contribution in [2.75, 3.05) is 0 Å². The molecule has 0 radical (unpaired) electrons. The maximum Gasteiger partial charge on any atom is 0.0577 e. The Labute approximate surface area is 165 Å². The Morgan fingerprint density at radius 2 is 1.00 bits per heavy atom. The van der Waals surface area contributed by atoms with Crippen LogP contribution in [0.5, 0.6) is 0 Å². The van der Waals surface area contributed by atoms with Crippen LogP contribution in [-0.4, -0.2) is 10.9 Å². The van der Waals surface area contributed by atoms with Crippen LogP contribution >= 0.6 is 0 Å². The highest BCUT2D eigenvalue weighted by atomic mass is 16.4. The van der Waals surface area contributed by atoms with Gasteiger partial charge in [-0.1, -0.05) is 81.4 Å². The third kappa shape index (κ3) is 7.99. The lowest BCUT2D eigenvalue weighted by atomic mass is 9.97. The number of rotatable bonds is 10. The Bertz CT molecular complexity index is 637. The molecule has 2 heteroatoms. The molecule has 2 aromatic carbocycles. The van der Waals surface area contributed by atoms with Gasteiger partial charge in [-0.15, -0.1) is 0 Å². The van der Waals surface area contributed by atoms with Crippen molar-refractivity contribution >= 4 is 5.71 Å². The van der Waals surface area contributed by atoms with E-state index in [9.17, 15) is 5.21 Å². The molecule has 0 aromatic heterocycles. The largest absolute Gasteiger partial charge is 0.411 e. The van der Waals surface area contributed by atoms with E-state index in [0.717, 1.165) is 44.2 Å². The lowest BCUT2D eigenvalue weighted by Crippen LogP contribution is -2.04. The molecular weight excluding hydrogens is 330 g/mol. The number of benzene rings is 2. The predicted molar refractivity (Wildman–Crippen MR) is 116 cm³/mol. The zero-order chi connectivity index (χ0) is 19.6. The molecule has 0 spiro atoms. The molecule has 0 fully saturated rings. The third-order valence-corrected chi connectivity index (χ3v) is 4.88. The zero-order valence-electron chi connectivity index (χ0n) is 17.4. The number of oxime groups is 1. The maximum atomic E-state index is 9.36. The number of nitrogens with zero attached hydrogens (tertiary/aromatic N) is 1. The van der Waals surface area contributed by atoms with Crippen molar-refractivity contribution in [3.8, 4) is 0 Å². The summed E-state index contributed by atoms with van der Waals surface area (Å²) >= 11 is 0. The molecule has 0 saturated heterocycles. The van der Waals surface area contributed by atoms with Gasteiger partial charge in [-0.3, -0.25) is 0 Å². The number of hydrogen-bond donors (Lipinski definition) is 1. The first-order chi connectivity index (χ1) is 13.0. The van der Waals surface area contributed by atoms with E-state index in [0.29, 0.717) is 11.8 Å². The summed E-state index contributed by atoms with van der Waals surface area (Å²) in [5, 5.41) is 12.9. The molecule has 0 heterocycles. The van der Waals surface area contributed by atoms with E-state index in [1.807, 2.05) is 0 Å². The van der Waals surface area contributed by atoms with Gasteiger partial charge >= 0.3 is 0 Å². The standard InChI is InChI=1S/C25H35NO/c1-19(2)17-23-9-5-21(6-10-23)13-15-25(26-27)16-14-22-7-11-24(12-8-22)18-20(3)4/h5-12,19-20,27H,13-18H2,1-4H3. The van der Waals surface area contributed by atoms with Gasteiger partial charge in [-0.2, -0.15) is 0 Å². The summed E-state index contributed by atoms with van der Waals surface area (Å²) in [5.41, 5.74) is 6.28. The van der Waals surface area contributed by atoms with E-state index >= 15 is 0 Å². The quantitative estimate of drug-likeness (QED) is 0.292. The molecule has 27 heavy (non-hydrogen) atoms.